The zero-order chi connectivity index (χ0) is 23.3. The Morgan fingerprint density at radius 1 is 1.18 bits per heavy atom. The van der Waals surface area contributed by atoms with Crippen molar-refractivity contribution >= 4 is 40.9 Å². The molecule has 8 heteroatoms. The number of likely N-dealkylation sites (tertiary alicyclic amines) is 2. The molecule has 1 aliphatic carbocycles. The van der Waals surface area contributed by atoms with E-state index in [-0.39, 0.29) is 47.1 Å². The second-order valence-electron chi connectivity index (χ2n) is 10.4. The van der Waals surface area contributed by atoms with E-state index in [4.69, 9.17) is 23.2 Å². The third kappa shape index (κ3) is 4.03. The number of benzene rings is 1. The first-order chi connectivity index (χ1) is 15.8. The van der Waals surface area contributed by atoms with Crippen LogP contribution >= 0.6 is 23.2 Å². The first kappa shape index (κ1) is 23.0. The van der Waals surface area contributed by atoms with Gasteiger partial charge in [-0.15, -0.1) is 0 Å². The van der Waals surface area contributed by atoms with Gasteiger partial charge in [0, 0.05) is 42.0 Å². The molecule has 6 nitrogen and oxygen atoms in total. The summed E-state index contributed by atoms with van der Waals surface area (Å²) in [4.78, 5) is 42.6. The number of fused-ring (bicyclic) bond motifs is 2. The van der Waals surface area contributed by atoms with E-state index < -0.39 is 0 Å². The van der Waals surface area contributed by atoms with Gasteiger partial charge in [-0.1, -0.05) is 42.6 Å². The van der Waals surface area contributed by atoms with Gasteiger partial charge in [0.2, 0.25) is 17.7 Å². The molecule has 0 spiro atoms. The van der Waals surface area contributed by atoms with Crippen LogP contribution in [0.25, 0.3) is 0 Å². The average molecular weight is 492 g/mol. The van der Waals surface area contributed by atoms with E-state index in [9.17, 15) is 14.4 Å². The molecule has 33 heavy (non-hydrogen) atoms. The predicted molar refractivity (Wildman–Crippen MR) is 127 cm³/mol. The predicted octanol–water partition coefficient (Wildman–Crippen LogP) is 3.68. The lowest BCUT2D eigenvalue weighted by Gasteiger charge is -2.50. The van der Waals surface area contributed by atoms with Gasteiger partial charge in [-0.05, 0) is 55.7 Å². The molecule has 3 saturated heterocycles. The molecule has 3 amide bonds. The summed E-state index contributed by atoms with van der Waals surface area (Å²) >= 11 is 12.3. The fourth-order valence-electron chi connectivity index (χ4n) is 6.42. The summed E-state index contributed by atoms with van der Waals surface area (Å²) in [6.07, 6.45) is 5.67. The van der Waals surface area contributed by atoms with Crippen molar-refractivity contribution in [2.45, 2.75) is 64.0 Å². The molecule has 5 rings (SSSR count). The molecule has 2 bridgehead atoms. The molecule has 1 aromatic rings. The Bertz CT molecular complexity index is 970. The molecular weight excluding hydrogens is 461 g/mol. The number of carbonyl (C=O) groups is 3. The molecule has 0 radical (unpaired) electrons. The second-order valence-corrected chi connectivity index (χ2v) is 11.2. The van der Waals surface area contributed by atoms with E-state index in [0.29, 0.717) is 42.5 Å². The van der Waals surface area contributed by atoms with E-state index in [2.05, 4.69) is 10.2 Å². The van der Waals surface area contributed by atoms with Gasteiger partial charge < -0.3 is 15.1 Å². The van der Waals surface area contributed by atoms with Gasteiger partial charge >= 0.3 is 0 Å². The van der Waals surface area contributed by atoms with Gasteiger partial charge in [0.15, 0.2) is 0 Å². The molecule has 0 aromatic heterocycles. The lowest BCUT2D eigenvalue weighted by Crippen LogP contribution is -2.60. The summed E-state index contributed by atoms with van der Waals surface area (Å²) in [6, 6.07) is 5.60. The number of piperazine rings is 1. The Hall–Kier alpha value is -1.79. The van der Waals surface area contributed by atoms with E-state index in [0.717, 1.165) is 37.7 Å². The van der Waals surface area contributed by atoms with Gasteiger partial charge in [0.1, 0.15) is 0 Å². The number of amides is 3. The number of halogens is 2. The highest BCUT2D eigenvalue weighted by Gasteiger charge is 2.56. The van der Waals surface area contributed by atoms with Crippen LogP contribution < -0.4 is 5.32 Å². The van der Waals surface area contributed by atoms with E-state index >= 15 is 0 Å². The van der Waals surface area contributed by atoms with E-state index in [1.54, 1.807) is 12.1 Å². The summed E-state index contributed by atoms with van der Waals surface area (Å²) in [5, 5.41) is 4.14. The highest BCUT2D eigenvalue weighted by molar-refractivity contribution is 6.35. The number of carbonyl (C=O) groups excluding carboxylic acids is 3. The van der Waals surface area contributed by atoms with Crippen molar-refractivity contribution in [2.24, 2.45) is 17.3 Å². The quantitative estimate of drug-likeness (QED) is 0.682. The molecule has 178 valence electrons. The Morgan fingerprint density at radius 2 is 1.91 bits per heavy atom. The van der Waals surface area contributed by atoms with Crippen molar-refractivity contribution in [3.63, 3.8) is 0 Å². The van der Waals surface area contributed by atoms with Crippen molar-refractivity contribution in [1.29, 1.82) is 0 Å². The summed E-state index contributed by atoms with van der Waals surface area (Å²) in [5.74, 6) is 0.537. The fraction of sp³-hybridized carbons (Fsp3) is 0.640. The van der Waals surface area contributed by atoms with Crippen LogP contribution in [0.2, 0.25) is 10.0 Å². The van der Waals surface area contributed by atoms with Crippen molar-refractivity contribution in [3.05, 3.63) is 33.8 Å². The van der Waals surface area contributed by atoms with Crippen molar-refractivity contribution in [2.75, 3.05) is 19.6 Å². The molecule has 4 fully saturated rings. The standard InChI is InChI=1S/C25H31Cl2N3O3/c1-15(9-16-3-5-18(26)10-21(16)27)23(32)29-13-20-11-19(29)14-30(20)24(33)25(7-2-8-25)17-4-6-22(31)28-12-17/h3,5,10,15,17,19-20H,2,4,6-9,11-14H2,1H3,(H,28,31)/t15?,17?,19-,20-/m0/s1. The Balaban J connectivity index is 1.22. The molecule has 3 heterocycles. The zero-order valence-corrected chi connectivity index (χ0v) is 20.5. The van der Waals surface area contributed by atoms with Gasteiger partial charge in [0.25, 0.3) is 0 Å². The summed E-state index contributed by atoms with van der Waals surface area (Å²) in [7, 11) is 0. The summed E-state index contributed by atoms with van der Waals surface area (Å²) < 4.78 is 0. The van der Waals surface area contributed by atoms with Crippen molar-refractivity contribution in [1.82, 2.24) is 15.1 Å². The summed E-state index contributed by atoms with van der Waals surface area (Å²) in [6.45, 7) is 3.81. The maximum Gasteiger partial charge on any atom is 0.229 e. The number of piperidine rings is 1. The molecule has 4 aliphatic rings. The number of nitrogens with one attached hydrogen (secondary N) is 1. The van der Waals surface area contributed by atoms with Crippen LogP contribution in [0.5, 0.6) is 0 Å². The first-order valence-electron chi connectivity index (χ1n) is 12.1. The minimum Gasteiger partial charge on any atom is -0.356 e. The average Bonchev–Trinajstić information content (AvgIpc) is 3.36. The smallest absolute Gasteiger partial charge is 0.229 e. The third-order valence-electron chi connectivity index (χ3n) is 8.47. The highest BCUT2D eigenvalue weighted by Crippen LogP contribution is 2.52. The first-order valence-corrected chi connectivity index (χ1v) is 12.9. The number of hydrogen-bond acceptors (Lipinski definition) is 3. The van der Waals surface area contributed by atoms with Crippen LogP contribution in [-0.2, 0) is 20.8 Å². The van der Waals surface area contributed by atoms with Crippen molar-refractivity contribution < 1.29 is 14.4 Å². The Labute approximate surface area is 205 Å². The van der Waals surface area contributed by atoms with Crippen LogP contribution in [0.4, 0.5) is 0 Å². The Morgan fingerprint density at radius 3 is 2.48 bits per heavy atom. The third-order valence-corrected chi connectivity index (χ3v) is 9.05. The van der Waals surface area contributed by atoms with Gasteiger partial charge in [0.05, 0.1) is 17.5 Å². The molecule has 2 unspecified atom stereocenters. The summed E-state index contributed by atoms with van der Waals surface area (Å²) in [5.41, 5.74) is 0.612. The van der Waals surface area contributed by atoms with Crippen LogP contribution in [-0.4, -0.2) is 59.2 Å². The zero-order valence-electron chi connectivity index (χ0n) is 19.0. The molecular formula is C25H31Cl2N3O3. The number of rotatable bonds is 5. The fourth-order valence-corrected chi connectivity index (χ4v) is 6.90. The molecule has 1 aromatic carbocycles. The molecule has 4 atom stereocenters. The maximum atomic E-state index is 13.7. The van der Waals surface area contributed by atoms with E-state index in [1.165, 1.54) is 0 Å². The Kier molecular flexibility index (Phi) is 6.11. The molecule has 1 saturated carbocycles. The molecule has 1 N–H and O–H groups in total. The number of nitrogens with zero attached hydrogens (tertiary/aromatic N) is 2. The van der Waals surface area contributed by atoms with Crippen LogP contribution in [0.3, 0.4) is 0 Å². The maximum absolute atomic E-state index is 13.7. The topological polar surface area (TPSA) is 69.7 Å². The van der Waals surface area contributed by atoms with Crippen LogP contribution in [0, 0.1) is 17.3 Å². The second kappa shape index (κ2) is 8.77. The van der Waals surface area contributed by atoms with E-state index in [1.807, 2.05) is 17.9 Å². The highest BCUT2D eigenvalue weighted by atomic mass is 35.5. The minimum absolute atomic E-state index is 0.0940. The SMILES string of the molecule is CC(Cc1ccc(Cl)cc1Cl)C(=O)N1C[C@@H]2C[C@H]1CN2C(=O)C1(C2CCC(=O)NC2)CCC1. The monoisotopic (exact) mass is 491 g/mol. The van der Waals surface area contributed by atoms with Crippen molar-refractivity contribution in [3.8, 4) is 0 Å². The molecule has 3 aliphatic heterocycles. The van der Waals surface area contributed by atoms with Crippen LogP contribution in [0.1, 0.15) is 51.0 Å². The normalized spacial score (nSPS) is 28.9. The lowest BCUT2D eigenvalue weighted by molar-refractivity contribution is -0.158. The largest absolute Gasteiger partial charge is 0.356 e. The number of hydrogen-bond donors (Lipinski definition) is 1. The van der Waals surface area contributed by atoms with Crippen LogP contribution in [0.15, 0.2) is 18.2 Å². The van der Waals surface area contributed by atoms with Gasteiger partial charge in [-0.3, -0.25) is 14.4 Å². The van der Waals surface area contributed by atoms with Gasteiger partial charge in [-0.2, -0.15) is 0 Å². The minimum atomic E-state index is -0.314. The lowest BCUT2D eigenvalue weighted by atomic mass is 9.58. The van der Waals surface area contributed by atoms with Gasteiger partial charge in [-0.25, -0.2) is 0 Å².